The van der Waals surface area contributed by atoms with E-state index in [1.807, 2.05) is 30.3 Å². The summed E-state index contributed by atoms with van der Waals surface area (Å²) >= 11 is 5.37. The molecule has 8 heteroatoms. The van der Waals surface area contributed by atoms with Crippen LogP contribution in [0.4, 0.5) is 5.69 Å². The molecule has 29 heavy (non-hydrogen) atoms. The van der Waals surface area contributed by atoms with Gasteiger partial charge < -0.3 is 14.4 Å². The molecule has 1 aromatic heterocycles. The van der Waals surface area contributed by atoms with Gasteiger partial charge in [-0.05, 0) is 62.5 Å². The standard InChI is InChI=1S/C21H25N5O2S/c1-5-25(6-2)17-12-10-15(11-13-17)20-23-24-21(29)26(20)22-14-16-8-7-9-18(27-3)19(16)28-4/h7-14H,5-6H2,1-4H3,(H,24,29). The fourth-order valence-electron chi connectivity index (χ4n) is 3.13. The van der Waals surface area contributed by atoms with Gasteiger partial charge in [0.15, 0.2) is 17.3 Å². The molecule has 0 amide bonds. The molecule has 0 atom stereocenters. The van der Waals surface area contributed by atoms with Crippen LogP contribution < -0.4 is 14.4 Å². The molecule has 0 aliphatic heterocycles. The first-order chi connectivity index (χ1) is 14.1. The molecule has 0 saturated heterocycles. The van der Waals surface area contributed by atoms with E-state index in [-0.39, 0.29) is 0 Å². The van der Waals surface area contributed by atoms with Crippen LogP contribution in [-0.4, -0.2) is 48.4 Å². The Bertz CT molecular complexity index is 1040. The van der Waals surface area contributed by atoms with Gasteiger partial charge in [0, 0.05) is 29.9 Å². The molecule has 0 fully saturated rings. The number of para-hydroxylation sites is 1. The Morgan fingerprint density at radius 1 is 1.10 bits per heavy atom. The van der Waals surface area contributed by atoms with Gasteiger partial charge in [-0.1, -0.05) is 6.07 Å². The molecule has 1 heterocycles. The number of hydrogen-bond donors (Lipinski definition) is 1. The molecule has 152 valence electrons. The summed E-state index contributed by atoms with van der Waals surface area (Å²) in [5.74, 6) is 1.89. The van der Waals surface area contributed by atoms with Crippen molar-refractivity contribution in [1.82, 2.24) is 14.9 Å². The van der Waals surface area contributed by atoms with Gasteiger partial charge in [0.1, 0.15) is 0 Å². The first-order valence-corrected chi connectivity index (χ1v) is 9.81. The van der Waals surface area contributed by atoms with E-state index in [0.717, 1.165) is 24.2 Å². The number of rotatable bonds is 8. The molecule has 0 spiro atoms. The van der Waals surface area contributed by atoms with Crippen LogP contribution in [0.15, 0.2) is 47.6 Å². The monoisotopic (exact) mass is 411 g/mol. The van der Waals surface area contributed by atoms with E-state index < -0.39 is 0 Å². The molecule has 0 radical (unpaired) electrons. The maximum absolute atomic E-state index is 5.46. The van der Waals surface area contributed by atoms with E-state index in [2.05, 4.69) is 46.2 Å². The molecular weight excluding hydrogens is 386 g/mol. The van der Waals surface area contributed by atoms with Gasteiger partial charge in [-0.3, -0.25) is 0 Å². The number of nitrogens with one attached hydrogen (secondary N) is 1. The Hall–Kier alpha value is -3.13. The minimum atomic E-state index is 0.408. The van der Waals surface area contributed by atoms with E-state index in [1.54, 1.807) is 25.1 Å². The zero-order valence-electron chi connectivity index (χ0n) is 17.0. The lowest BCUT2D eigenvalue weighted by molar-refractivity contribution is 0.354. The van der Waals surface area contributed by atoms with E-state index in [0.29, 0.717) is 22.1 Å². The van der Waals surface area contributed by atoms with Crippen molar-refractivity contribution < 1.29 is 9.47 Å². The highest BCUT2D eigenvalue weighted by molar-refractivity contribution is 7.71. The highest BCUT2D eigenvalue weighted by Crippen LogP contribution is 2.29. The second-order valence-corrected chi connectivity index (χ2v) is 6.60. The first kappa shape index (κ1) is 20.6. The maximum Gasteiger partial charge on any atom is 0.216 e. The zero-order chi connectivity index (χ0) is 20.8. The van der Waals surface area contributed by atoms with Crippen LogP contribution in [0.3, 0.4) is 0 Å². The summed E-state index contributed by atoms with van der Waals surface area (Å²) in [7, 11) is 3.20. The predicted molar refractivity (Wildman–Crippen MR) is 119 cm³/mol. The fraction of sp³-hybridized carbons (Fsp3) is 0.286. The quantitative estimate of drug-likeness (QED) is 0.441. The second-order valence-electron chi connectivity index (χ2n) is 6.21. The van der Waals surface area contributed by atoms with Gasteiger partial charge in [0.05, 0.1) is 20.4 Å². The molecule has 3 rings (SSSR count). The molecule has 0 bridgehead atoms. The van der Waals surface area contributed by atoms with Crippen molar-refractivity contribution in [1.29, 1.82) is 0 Å². The van der Waals surface area contributed by atoms with Gasteiger partial charge in [-0.25, -0.2) is 5.10 Å². The topological polar surface area (TPSA) is 67.7 Å². The van der Waals surface area contributed by atoms with Crippen molar-refractivity contribution in [3.63, 3.8) is 0 Å². The largest absolute Gasteiger partial charge is 0.493 e. The van der Waals surface area contributed by atoms with Crippen molar-refractivity contribution in [2.24, 2.45) is 5.10 Å². The Balaban J connectivity index is 1.95. The minimum absolute atomic E-state index is 0.408. The normalized spacial score (nSPS) is 11.0. The lowest BCUT2D eigenvalue weighted by Crippen LogP contribution is -2.21. The third kappa shape index (κ3) is 4.32. The minimum Gasteiger partial charge on any atom is -0.493 e. The lowest BCUT2D eigenvalue weighted by atomic mass is 10.2. The maximum atomic E-state index is 5.46. The van der Waals surface area contributed by atoms with Crippen LogP contribution in [0.5, 0.6) is 11.5 Å². The van der Waals surface area contributed by atoms with Gasteiger partial charge in [-0.2, -0.15) is 14.9 Å². The van der Waals surface area contributed by atoms with Crippen LogP contribution in [0.2, 0.25) is 0 Å². The Morgan fingerprint density at radius 2 is 1.83 bits per heavy atom. The Kier molecular flexibility index (Phi) is 6.66. The number of ether oxygens (including phenoxy) is 2. The molecule has 0 saturated carbocycles. The van der Waals surface area contributed by atoms with Crippen LogP contribution >= 0.6 is 12.2 Å². The van der Waals surface area contributed by atoms with Crippen molar-refractivity contribution in [3.8, 4) is 22.9 Å². The molecule has 3 aromatic rings. The molecule has 0 aliphatic carbocycles. The summed E-state index contributed by atoms with van der Waals surface area (Å²) in [6.45, 7) is 6.21. The average molecular weight is 412 g/mol. The summed E-state index contributed by atoms with van der Waals surface area (Å²) in [5.41, 5.74) is 2.87. The molecule has 1 N–H and O–H groups in total. The molecule has 0 unspecified atom stereocenters. The Labute approximate surface area is 175 Å². The number of H-pyrrole nitrogens is 1. The zero-order valence-corrected chi connectivity index (χ0v) is 17.9. The average Bonchev–Trinajstić information content (AvgIpc) is 3.13. The molecule has 2 aromatic carbocycles. The summed E-state index contributed by atoms with van der Waals surface area (Å²) in [5, 5.41) is 11.7. The molecule has 0 aliphatic rings. The van der Waals surface area contributed by atoms with Gasteiger partial charge in [0.2, 0.25) is 4.77 Å². The summed E-state index contributed by atoms with van der Waals surface area (Å²) in [6, 6.07) is 13.8. The number of aromatic nitrogens is 3. The number of benzene rings is 2. The van der Waals surface area contributed by atoms with Crippen LogP contribution in [0.1, 0.15) is 19.4 Å². The van der Waals surface area contributed by atoms with Gasteiger partial charge in [-0.15, -0.1) is 0 Å². The number of nitrogens with zero attached hydrogens (tertiary/aromatic N) is 4. The van der Waals surface area contributed by atoms with Crippen LogP contribution in [-0.2, 0) is 0 Å². The van der Waals surface area contributed by atoms with E-state index >= 15 is 0 Å². The number of methoxy groups -OCH3 is 2. The smallest absolute Gasteiger partial charge is 0.216 e. The van der Waals surface area contributed by atoms with E-state index in [1.165, 1.54) is 5.69 Å². The molecule has 7 nitrogen and oxygen atoms in total. The SMILES string of the molecule is CCN(CC)c1ccc(-c2n[nH]c(=S)n2N=Cc2cccc(OC)c2OC)cc1. The van der Waals surface area contributed by atoms with Crippen LogP contribution in [0, 0.1) is 4.77 Å². The fourth-order valence-corrected chi connectivity index (χ4v) is 3.31. The lowest BCUT2D eigenvalue weighted by Gasteiger charge is -2.21. The van der Waals surface area contributed by atoms with Crippen LogP contribution in [0.25, 0.3) is 11.4 Å². The highest BCUT2D eigenvalue weighted by atomic mass is 32.1. The number of anilines is 1. The number of aromatic amines is 1. The van der Waals surface area contributed by atoms with Crippen molar-refractivity contribution >= 4 is 24.1 Å². The predicted octanol–water partition coefficient (Wildman–Crippen LogP) is 4.35. The van der Waals surface area contributed by atoms with Gasteiger partial charge in [0.25, 0.3) is 0 Å². The first-order valence-electron chi connectivity index (χ1n) is 9.41. The Morgan fingerprint density at radius 3 is 2.45 bits per heavy atom. The summed E-state index contributed by atoms with van der Waals surface area (Å²) < 4.78 is 12.8. The van der Waals surface area contributed by atoms with Gasteiger partial charge >= 0.3 is 0 Å². The number of hydrogen-bond acceptors (Lipinski definition) is 6. The van der Waals surface area contributed by atoms with E-state index in [4.69, 9.17) is 21.7 Å². The third-order valence-corrected chi connectivity index (χ3v) is 4.91. The molecular formula is C21H25N5O2S. The highest BCUT2D eigenvalue weighted by Gasteiger charge is 2.11. The third-order valence-electron chi connectivity index (χ3n) is 4.65. The van der Waals surface area contributed by atoms with Crippen molar-refractivity contribution in [2.75, 3.05) is 32.2 Å². The van der Waals surface area contributed by atoms with Crippen molar-refractivity contribution in [3.05, 3.63) is 52.8 Å². The summed E-state index contributed by atoms with van der Waals surface area (Å²) in [6.07, 6.45) is 1.68. The van der Waals surface area contributed by atoms with E-state index in [9.17, 15) is 0 Å². The second kappa shape index (κ2) is 9.38. The van der Waals surface area contributed by atoms with Crippen molar-refractivity contribution in [2.45, 2.75) is 13.8 Å². The summed E-state index contributed by atoms with van der Waals surface area (Å²) in [4.78, 5) is 2.29.